The number of ketones is 1. The molecule has 0 fully saturated rings. The summed E-state index contributed by atoms with van der Waals surface area (Å²) >= 11 is 1.32. The summed E-state index contributed by atoms with van der Waals surface area (Å²) in [5.74, 6) is -1.66. The van der Waals surface area contributed by atoms with Crippen molar-refractivity contribution in [2.45, 2.75) is 17.7 Å². The Morgan fingerprint density at radius 1 is 1.38 bits per heavy atom. The summed E-state index contributed by atoms with van der Waals surface area (Å²) in [6.07, 6.45) is 0.286. The molecule has 0 saturated heterocycles. The van der Waals surface area contributed by atoms with Gasteiger partial charge in [-0.3, -0.25) is 9.59 Å². The van der Waals surface area contributed by atoms with Gasteiger partial charge in [0, 0.05) is 24.8 Å². The first-order chi connectivity index (χ1) is 12.5. The topological polar surface area (TPSA) is 112 Å². The molecule has 0 unspecified atom stereocenters. The van der Waals surface area contributed by atoms with Gasteiger partial charge in [-0.25, -0.2) is 10.2 Å². The van der Waals surface area contributed by atoms with E-state index in [-0.39, 0.29) is 30.0 Å². The molecule has 132 valence electrons. The fourth-order valence-corrected chi connectivity index (χ4v) is 3.62. The third-order valence-electron chi connectivity index (χ3n) is 3.82. The molecule has 1 aromatic rings. The lowest BCUT2D eigenvalue weighted by Crippen LogP contribution is -2.31. The highest BCUT2D eigenvalue weighted by Gasteiger charge is 2.28. The molecule has 0 radical (unpaired) electrons. The molecule has 2 aliphatic heterocycles. The number of carbonyl (C=O) groups is 3. The highest BCUT2D eigenvalue weighted by Crippen LogP contribution is 2.46. The number of benzene rings is 1. The van der Waals surface area contributed by atoms with Gasteiger partial charge in [-0.1, -0.05) is 23.9 Å². The Labute approximate surface area is 153 Å². The van der Waals surface area contributed by atoms with Crippen molar-refractivity contribution in [1.82, 2.24) is 5.43 Å². The highest BCUT2D eigenvalue weighted by atomic mass is 32.2. The Morgan fingerprint density at radius 2 is 2.15 bits per heavy atom. The van der Waals surface area contributed by atoms with Crippen molar-refractivity contribution in [2.24, 2.45) is 5.10 Å². The zero-order valence-electron chi connectivity index (χ0n) is 13.8. The van der Waals surface area contributed by atoms with Crippen molar-refractivity contribution >= 4 is 40.8 Å². The third-order valence-corrected chi connectivity index (χ3v) is 5.05. The van der Waals surface area contributed by atoms with Crippen LogP contribution in [0.2, 0.25) is 0 Å². The fraction of sp³-hybridized carbons (Fsp3) is 0.235. The Hall–Kier alpha value is -3.12. The maximum absolute atomic E-state index is 12.4. The second kappa shape index (κ2) is 7.41. The molecule has 1 aromatic carbocycles. The Morgan fingerprint density at radius 3 is 2.81 bits per heavy atom. The molecule has 0 aromatic heterocycles. The molecule has 2 heterocycles. The number of ether oxygens (including phenoxy) is 1. The van der Waals surface area contributed by atoms with E-state index in [4.69, 9.17) is 4.74 Å². The Bertz CT molecular complexity index is 900. The fourth-order valence-electron chi connectivity index (χ4n) is 2.46. The average molecular weight is 370 g/mol. The van der Waals surface area contributed by atoms with Gasteiger partial charge in [0.1, 0.15) is 22.4 Å². The predicted octanol–water partition coefficient (Wildman–Crippen LogP) is 1.34. The van der Waals surface area contributed by atoms with Crippen molar-refractivity contribution in [3.63, 3.8) is 0 Å². The maximum Gasteiger partial charge on any atom is 0.354 e. The van der Waals surface area contributed by atoms with Crippen molar-refractivity contribution in [3.8, 4) is 6.07 Å². The number of fused-ring (bicyclic) bond motifs is 1. The molecule has 0 saturated carbocycles. The van der Waals surface area contributed by atoms with Crippen LogP contribution in [0.15, 0.2) is 44.9 Å². The normalized spacial score (nSPS) is 17.6. The zero-order chi connectivity index (χ0) is 18.7. The quantitative estimate of drug-likeness (QED) is 0.483. The van der Waals surface area contributed by atoms with Gasteiger partial charge in [0.15, 0.2) is 6.61 Å². The van der Waals surface area contributed by atoms with Crippen molar-refractivity contribution in [1.29, 1.82) is 5.26 Å². The first-order valence-corrected chi connectivity index (χ1v) is 8.53. The maximum atomic E-state index is 12.4. The molecule has 8 nitrogen and oxygen atoms in total. The minimum Gasteiger partial charge on any atom is -0.453 e. The number of carbonyl (C=O) groups excluding carboxylic acids is 3. The van der Waals surface area contributed by atoms with E-state index in [1.165, 1.54) is 11.8 Å². The molecule has 0 aliphatic carbocycles. The number of amides is 1. The van der Waals surface area contributed by atoms with Crippen molar-refractivity contribution in [3.05, 3.63) is 34.9 Å². The van der Waals surface area contributed by atoms with E-state index in [2.05, 4.69) is 10.5 Å². The van der Waals surface area contributed by atoms with Crippen molar-refractivity contribution < 1.29 is 19.1 Å². The highest BCUT2D eigenvalue weighted by molar-refractivity contribution is 8.03. The van der Waals surface area contributed by atoms with Crippen LogP contribution in [0.1, 0.15) is 12.8 Å². The van der Waals surface area contributed by atoms with E-state index in [9.17, 15) is 19.6 Å². The lowest BCUT2D eigenvalue weighted by molar-refractivity contribution is -0.140. The number of para-hydroxylation sites is 1. The molecule has 0 bridgehead atoms. The second-order valence-corrected chi connectivity index (χ2v) is 6.54. The first kappa shape index (κ1) is 17.7. The number of thioether (sulfide) groups is 1. The Kier molecular flexibility index (Phi) is 5.04. The largest absolute Gasteiger partial charge is 0.453 e. The standard InChI is InChI=1S/C17H14N4O4S/c1-21-12-4-2-3-5-14(12)26-16(21)10(8-18)13(22)9-25-17(24)11-6-7-15(23)20-19-11/h2-5H,6-7,9H2,1H3,(H,20,23)/b16-10-. The summed E-state index contributed by atoms with van der Waals surface area (Å²) < 4.78 is 4.95. The van der Waals surface area contributed by atoms with E-state index >= 15 is 0 Å². The molecule has 2 aliphatic rings. The monoisotopic (exact) mass is 370 g/mol. The number of Topliss-reactive ketones (excluding diaryl/α,β-unsaturated/α-hetero) is 1. The van der Waals surface area contributed by atoms with E-state index in [0.29, 0.717) is 5.03 Å². The second-order valence-electron chi connectivity index (χ2n) is 5.51. The average Bonchev–Trinajstić information content (AvgIpc) is 2.98. The Balaban J connectivity index is 1.70. The van der Waals surface area contributed by atoms with E-state index < -0.39 is 18.4 Å². The van der Waals surface area contributed by atoms with Crippen molar-refractivity contribution in [2.75, 3.05) is 18.6 Å². The van der Waals surface area contributed by atoms with Crippen LogP contribution < -0.4 is 10.3 Å². The van der Waals surface area contributed by atoms with Crippen LogP contribution in [0.5, 0.6) is 0 Å². The van der Waals surface area contributed by atoms with Crippen LogP contribution in [0.4, 0.5) is 5.69 Å². The van der Waals surface area contributed by atoms with Crippen LogP contribution in [-0.4, -0.2) is 37.0 Å². The smallest absolute Gasteiger partial charge is 0.354 e. The molecule has 9 heteroatoms. The molecule has 1 amide bonds. The number of hydrogen-bond acceptors (Lipinski definition) is 8. The first-order valence-electron chi connectivity index (χ1n) is 7.72. The van der Waals surface area contributed by atoms with Crippen LogP contribution in [-0.2, 0) is 19.1 Å². The van der Waals surface area contributed by atoms with Gasteiger partial charge in [0.2, 0.25) is 11.7 Å². The molecule has 0 atom stereocenters. The van der Waals surface area contributed by atoms with E-state index in [0.717, 1.165) is 10.6 Å². The summed E-state index contributed by atoms with van der Waals surface area (Å²) in [6, 6.07) is 9.45. The zero-order valence-corrected chi connectivity index (χ0v) is 14.6. The molecule has 1 N–H and O–H groups in total. The van der Waals surface area contributed by atoms with Crippen LogP contribution >= 0.6 is 11.8 Å². The lowest BCUT2D eigenvalue weighted by Gasteiger charge is -2.15. The number of nitrogens with zero attached hydrogens (tertiary/aromatic N) is 3. The summed E-state index contributed by atoms with van der Waals surface area (Å²) in [6.45, 7) is -0.567. The predicted molar refractivity (Wildman–Crippen MR) is 94.1 cm³/mol. The van der Waals surface area contributed by atoms with Gasteiger partial charge in [-0.15, -0.1) is 0 Å². The van der Waals surface area contributed by atoms with Gasteiger partial charge >= 0.3 is 5.97 Å². The lowest BCUT2D eigenvalue weighted by atomic mass is 10.2. The molecular weight excluding hydrogens is 356 g/mol. The van der Waals surface area contributed by atoms with Gasteiger partial charge in [0.05, 0.1) is 5.69 Å². The number of anilines is 1. The molecule has 0 spiro atoms. The molecule has 26 heavy (non-hydrogen) atoms. The minimum absolute atomic E-state index is 0.0447. The minimum atomic E-state index is -0.781. The number of esters is 1. The molecule has 3 rings (SSSR count). The van der Waals surface area contributed by atoms with Gasteiger partial charge in [-0.2, -0.15) is 10.4 Å². The summed E-state index contributed by atoms with van der Waals surface area (Å²) in [5.41, 5.74) is 3.06. The summed E-state index contributed by atoms with van der Waals surface area (Å²) in [7, 11) is 1.77. The van der Waals surface area contributed by atoms with Gasteiger partial charge < -0.3 is 9.64 Å². The van der Waals surface area contributed by atoms with Gasteiger partial charge in [0.25, 0.3) is 0 Å². The number of nitriles is 1. The molecular formula is C17H14N4O4S. The number of rotatable bonds is 4. The summed E-state index contributed by atoms with van der Waals surface area (Å²) in [5, 5.41) is 13.5. The van der Waals surface area contributed by atoms with E-state index in [1.807, 2.05) is 30.3 Å². The van der Waals surface area contributed by atoms with Gasteiger partial charge in [-0.05, 0) is 12.1 Å². The SMILES string of the molecule is CN1/C(=C(\C#N)C(=O)COC(=O)C2=NNC(=O)CC2)Sc2ccccc21. The summed E-state index contributed by atoms with van der Waals surface area (Å²) in [4.78, 5) is 38.0. The third kappa shape index (κ3) is 3.45. The number of hydrazone groups is 1. The van der Waals surface area contributed by atoms with Crippen LogP contribution in [0.3, 0.4) is 0 Å². The number of hydrogen-bond donors (Lipinski definition) is 1. The van der Waals surface area contributed by atoms with E-state index in [1.54, 1.807) is 11.9 Å². The number of nitrogens with one attached hydrogen (secondary N) is 1. The van der Waals surface area contributed by atoms with Crippen LogP contribution in [0.25, 0.3) is 0 Å². The van der Waals surface area contributed by atoms with Crippen LogP contribution in [0, 0.1) is 11.3 Å².